The molecule has 1 unspecified atom stereocenters. The molecule has 0 aromatic heterocycles. The Morgan fingerprint density at radius 1 is 1.25 bits per heavy atom. The number of nitrogens with zero attached hydrogens (tertiary/aromatic N) is 1. The highest BCUT2D eigenvalue weighted by Crippen LogP contribution is 2.16. The van der Waals surface area contributed by atoms with Crippen LogP contribution in [-0.2, 0) is 4.79 Å². The minimum absolute atomic E-state index is 0. The molecule has 1 aromatic carbocycles. The van der Waals surface area contributed by atoms with Gasteiger partial charge in [-0.25, -0.2) is 0 Å². The normalized spacial score (nSPS) is 17.0. The van der Waals surface area contributed by atoms with E-state index in [9.17, 15) is 9.59 Å². The predicted octanol–water partition coefficient (Wildman–Crippen LogP) is 2.08. The third kappa shape index (κ3) is 6.49. The van der Waals surface area contributed by atoms with E-state index < -0.39 is 0 Å². The van der Waals surface area contributed by atoms with Crippen molar-refractivity contribution in [2.24, 2.45) is 5.92 Å². The first-order valence-corrected chi connectivity index (χ1v) is 8.46. The van der Waals surface area contributed by atoms with Crippen LogP contribution >= 0.6 is 12.4 Å². The summed E-state index contributed by atoms with van der Waals surface area (Å²) in [4.78, 5) is 26.1. The zero-order chi connectivity index (χ0) is 16.5. The van der Waals surface area contributed by atoms with Gasteiger partial charge in [0, 0.05) is 31.6 Å². The van der Waals surface area contributed by atoms with E-state index in [2.05, 4.69) is 10.6 Å². The zero-order valence-corrected chi connectivity index (χ0v) is 15.1. The topological polar surface area (TPSA) is 61.4 Å². The summed E-state index contributed by atoms with van der Waals surface area (Å²) in [5.41, 5.74) is 0.657. The Balaban J connectivity index is 0.00000288. The molecule has 1 heterocycles. The molecule has 2 rings (SSSR count). The lowest BCUT2D eigenvalue weighted by Gasteiger charge is -2.32. The number of carbonyl (C=O) groups excluding carboxylic acids is 2. The minimum atomic E-state index is -0.0786. The highest BCUT2D eigenvalue weighted by Gasteiger charge is 2.22. The van der Waals surface area contributed by atoms with E-state index in [1.807, 2.05) is 30.1 Å². The number of carbonyl (C=O) groups is 2. The van der Waals surface area contributed by atoms with Crippen molar-refractivity contribution in [3.63, 3.8) is 0 Å². The molecule has 0 bridgehead atoms. The van der Waals surface area contributed by atoms with Crippen LogP contribution in [0.25, 0.3) is 0 Å². The average Bonchev–Trinajstić information content (AvgIpc) is 2.59. The first kappa shape index (κ1) is 20.5. The van der Waals surface area contributed by atoms with Crippen LogP contribution in [0, 0.1) is 5.92 Å². The molecule has 2 N–H and O–H groups in total. The van der Waals surface area contributed by atoms with Crippen LogP contribution < -0.4 is 10.6 Å². The van der Waals surface area contributed by atoms with Gasteiger partial charge in [-0.2, -0.15) is 0 Å². The predicted molar refractivity (Wildman–Crippen MR) is 98.5 cm³/mol. The van der Waals surface area contributed by atoms with E-state index in [4.69, 9.17) is 0 Å². The van der Waals surface area contributed by atoms with E-state index in [0.717, 1.165) is 26.1 Å². The highest BCUT2D eigenvalue weighted by molar-refractivity contribution is 5.94. The largest absolute Gasteiger partial charge is 0.352 e. The van der Waals surface area contributed by atoms with Crippen LogP contribution in [0.4, 0.5) is 0 Å². The van der Waals surface area contributed by atoms with Crippen molar-refractivity contribution in [3.8, 4) is 0 Å². The van der Waals surface area contributed by atoms with Crippen LogP contribution in [0.2, 0.25) is 0 Å². The molecule has 0 aliphatic carbocycles. The Hall–Kier alpha value is -1.59. The monoisotopic (exact) mass is 353 g/mol. The molecule has 0 saturated carbocycles. The molecule has 134 valence electrons. The maximum absolute atomic E-state index is 12.3. The lowest BCUT2D eigenvalue weighted by molar-refractivity contribution is -0.133. The number of hydrogen-bond donors (Lipinski definition) is 2. The number of hydrogen-bond acceptors (Lipinski definition) is 3. The third-order valence-corrected chi connectivity index (χ3v) is 4.25. The Morgan fingerprint density at radius 3 is 2.71 bits per heavy atom. The molecular weight excluding hydrogens is 326 g/mol. The Morgan fingerprint density at radius 2 is 2.00 bits per heavy atom. The van der Waals surface area contributed by atoms with E-state index in [1.165, 1.54) is 6.42 Å². The summed E-state index contributed by atoms with van der Waals surface area (Å²) in [5.74, 6) is 0.695. The van der Waals surface area contributed by atoms with Crippen LogP contribution in [0.3, 0.4) is 0 Å². The van der Waals surface area contributed by atoms with Crippen molar-refractivity contribution < 1.29 is 9.59 Å². The summed E-state index contributed by atoms with van der Waals surface area (Å²) in [7, 11) is 1.95. The van der Waals surface area contributed by atoms with Crippen LogP contribution in [0.5, 0.6) is 0 Å². The van der Waals surface area contributed by atoms with Gasteiger partial charge in [0.2, 0.25) is 5.91 Å². The maximum atomic E-state index is 12.3. The highest BCUT2D eigenvalue weighted by atomic mass is 35.5. The van der Waals surface area contributed by atoms with Gasteiger partial charge in [0.15, 0.2) is 0 Å². The molecule has 1 aliphatic heterocycles. The van der Waals surface area contributed by atoms with Gasteiger partial charge >= 0.3 is 0 Å². The minimum Gasteiger partial charge on any atom is -0.352 e. The summed E-state index contributed by atoms with van der Waals surface area (Å²) >= 11 is 0. The number of likely N-dealkylation sites (tertiary alicyclic amines) is 1. The first-order valence-electron chi connectivity index (χ1n) is 8.46. The van der Waals surface area contributed by atoms with Crippen LogP contribution in [-0.4, -0.2) is 49.9 Å². The molecule has 1 atom stereocenters. The Bertz CT molecular complexity index is 508. The second-order valence-corrected chi connectivity index (χ2v) is 6.13. The number of halogens is 1. The lowest BCUT2D eigenvalue weighted by Crippen LogP contribution is -2.42. The van der Waals surface area contributed by atoms with Gasteiger partial charge in [0.05, 0.1) is 0 Å². The molecule has 1 saturated heterocycles. The third-order valence-electron chi connectivity index (χ3n) is 4.25. The summed E-state index contributed by atoms with van der Waals surface area (Å²) in [5, 5.41) is 6.06. The molecule has 0 radical (unpaired) electrons. The van der Waals surface area contributed by atoms with Crippen molar-refractivity contribution in [2.75, 3.05) is 33.2 Å². The van der Waals surface area contributed by atoms with Crippen molar-refractivity contribution in [3.05, 3.63) is 35.9 Å². The SMILES string of the molecule is CNCC1CCCN(C(=O)CCCNC(=O)c2ccccc2)C1.Cl. The van der Waals surface area contributed by atoms with Gasteiger partial charge in [-0.15, -0.1) is 12.4 Å². The molecule has 1 aliphatic rings. The quantitative estimate of drug-likeness (QED) is 0.738. The summed E-state index contributed by atoms with van der Waals surface area (Å²) in [6.07, 6.45) is 3.46. The van der Waals surface area contributed by atoms with Crippen LogP contribution in [0.15, 0.2) is 30.3 Å². The summed E-state index contributed by atoms with van der Waals surface area (Å²) < 4.78 is 0. The number of amides is 2. The fraction of sp³-hybridized carbons (Fsp3) is 0.556. The molecule has 1 fully saturated rings. The van der Waals surface area contributed by atoms with Gasteiger partial charge in [-0.3, -0.25) is 9.59 Å². The number of rotatable bonds is 7. The van der Waals surface area contributed by atoms with Crippen molar-refractivity contribution >= 4 is 24.2 Å². The Labute approximate surface area is 150 Å². The van der Waals surface area contributed by atoms with Crippen molar-refractivity contribution in [1.29, 1.82) is 0 Å². The fourth-order valence-corrected chi connectivity index (χ4v) is 3.04. The summed E-state index contributed by atoms with van der Waals surface area (Å²) in [6, 6.07) is 9.15. The van der Waals surface area contributed by atoms with Gasteiger partial charge in [0.25, 0.3) is 5.91 Å². The van der Waals surface area contributed by atoms with Crippen LogP contribution in [0.1, 0.15) is 36.0 Å². The second kappa shape index (κ2) is 11.0. The smallest absolute Gasteiger partial charge is 0.251 e. The standard InChI is InChI=1S/C18H27N3O2.ClH/c1-19-13-15-7-6-12-21(14-15)17(22)10-5-11-20-18(23)16-8-3-2-4-9-16;/h2-4,8-9,15,19H,5-7,10-14H2,1H3,(H,20,23);1H. The van der Waals surface area contributed by atoms with Crippen molar-refractivity contribution in [1.82, 2.24) is 15.5 Å². The maximum Gasteiger partial charge on any atom is 0.251 e. The second-order valence-electron chi connectivity index (χ2n) is 6.13. The zero-order valence-electron chi connectivity index (χ0n) is 14.3. The van der Waals surface area contributed by atoms with Gasteiger partial charge in [-0.1, -0.05) is 18.2 Å². The van der Waals surface area contributed by atoms with E-state index >= 15 is 0 Å². The van der Waals surface area contributed by atoms with Gasteiger partial charge in [0.1, 0.15) is 0 Å². The molecule has 0 spiro atoms. The van der Waals surface area contributed by atoms with Crippen molar-refractivity contribution in [2.45, 2.75) is 25.7 Å². The number of nitrogens with one attached hydrogen (secondary N) is 2. The Kier molecular flexibility index (Phi) is 9.42. The lowest BCUT2D eigenvalue weighted by atomic mass is 9.97. The fourth-order valence-electron chi connectivity index (χ4n) is 3.04. The first-order chi connectivity index (χ1) is 11.2. The molecule has 1 aromatic rings. The molecule has 5 nitrogen and oxygen atoms in total. The molecule has 24 heavy (non-hydrogen) atoms. The number of piperidine rings is 1. The average molecular weight is 354 g/mol. The van der Waals surface area contributed by atoms with Gasteiger partial charge < -0.3 is 15.5 Å². The molecule has 2 amide bonds. The summed E-state index contributed by atoms with van der Waals surface area (Å²) in [6.45, 7) is 3.23. The van der Waals surface area contributed by atoms with Gasteiger partial charge in [-0.05, 0) is 50.9 Å². The molecule has 6 heteroatoms. The number of benzene rings is 1. The van der Waals surface area contributed by atoms with E-state index in [0.29, 0.717) is 30.9 Å². The van der Waals surface area contributed by atoms with E-state index in [1.54, 1.807) is 12.1 Å². The molecular formula is C18H28ClN3O2. The van der Waals surface area contributed by atoms with E-state index in [-0.39, 0.29) is 24.2 Å².